The van der Waals surface area contributed by atoms with E-state index in [0.717, 1.165) is 28.0 Å². The molecule has 0 unspecified atom stereocenters. The van der Waals surface area contributed by atoms with Crippen LogP contribution in [0.25, 0.3) is 0 Å². The van der Waals surface area contributed by atoms with Gasteiger partial charge in [-0.1, -0.05) is 43.0 Å². The molecule has 1 aliphatic heterocycles. The van der Waals surface area contributed by atoms with Crippen molar-refractivity contribution in [2.45, 2.75) is 13.8 Å². The lowest BCUT2D eigenvalue weighted by Crippen LogP contribution is -2.12. The highest BCUT2D eigenvalue weighted by molar-refractivity contribution is 5.54. The van der Waals surface area contributed by atoms with E-state index < -0.39 is 0 Å². The molecule has 1 heterocycles. The molecule has 1 nitrogen and oxygen atoms in total. The van der Waals surface area contributed by atoms with E-state index in [0.29, 0.717) is 0 Å². The monoisotopic (exact) mass is 213 g/mol. The fourth-order valence-electron chi connectivity index (χ4n) is 1.50. The van der Waals surface area contributed by atoms with Crippen molar-refractivity contribution in [1.82, 2.24) is 4.90 Å². The summed E-state index contributed by atoms with van der Waals surface area (Å²) in [5, 5.41) is 0. The molecule has 0 saturated heterocycles. The van der Waals surface area contributed by atoms with E-state index in [2.05, 4.69) is 38.1 Å². The molecule has 0 spiro atoms. The zero-order chi connectivity index (χ0) is 12.3. The van der Waals surface area contributed by atoms with Crippen LogP contribution in [0.4, 0.5) is 0 Å². The molecule has 0 amide bonds. The predicted octanol–water partition coefficient (Wildman–Crippen LogP) is 3.96. The number of allylic oxidation sites excluding steroid dienone is 7. The van der Waals surface area contributed by atoms with Crippen molar-refractivity contribution in [3.8, 4) is 0 Å². The Kier molecular flexibility index (Phi) is 3.73. The molecule has 0 saturated carbocycles. The van der Waals surface area contributed by atoms with Gasteiger partial charge in [0.25, 0.3) is 0 Å². The summed E-state index contributed by atoms with van der Waals surface area (Å²) >= 11 is 0. The van der Waals surface area contributed by atoms with Crippen LogP contribution in [-0.4, -0.2) is 11.9 Å². The lowest BCUT2D eigenvalue weighted by molar-refractivity contribution is 0.582. The van der Waals surface area contributed by atoms with E-state index in [1.54, 1.807) is 0 Å². The molecule has 0 aromatic carbocycles. The third-order valence-corrected chi connectivity index (χ3v) is 2.40. The summed E-state index contributed by atoms with van der Waals surface area (Å²) in [6.45, 7) is 15.8. The van der Waals surface area contributed by atoms with Gasteiger partial charge in [-0.2, -0.15) is 0 Å². The molecular formula is C15H19N. The second-order valence-corrected chi connectivity index (χ2v) is 4.20. The van der Waals surface area contributed by atoms with Gasteiger partial charge in [0.05, 0.1) is 0 Å². The Labute approximate surface area is 98.5 Å². The minimum atomic E-state index is 0.986. The SMILES string of the molecule is C=C(C)/C=C(\C(=C)C)C1=CN(C)C(=C)C=C1. The Balaban J connectivity index is 3.12. The first-order chi connectivity index (χ1) is 7.41. The summed E-state index contributed by atoms with van der Waals surface area (Å²) in [4.78, 5) is 2.00. The van der Waals surface area contributed by atoms with Crippen LogP contribution in [0, 0.1) is 0 Å². The predicted molar refractivity (Wildman–Crippen MR) is 71.8 cm³/mol. The zero-order valence-corrected chi connectivity index (χ0v) is 10.4. The lowest BCUT2D eigenvalue weighted by Gasteiger charge is -2.21. The second kappa shape index (κ2) is 4.84. The Hall–Kier alpha value is -1.76. The number of likely N-dealkylation sites (N-methyl/N-ethyl adjacent to an activating group) is 1. The van der Waals surface area contributed by atoms with Crippen LogP contribution < -0.4 is 0 Å². The third-order valence-electron chi connectivity index (χ3n) is 2.40. The van der Waals surface area contributed by atoms with Crippen molar-refractivity contribution in [3.63, 3.8) is 0 Å². The highest BCUT2D eigenvalue weighted by Crippen LogP contribution is 2.25. The highest BCUT2D eigenvalue weighted by atomic mass is 15.1. The first-order valence-electron chi connectivity index (χ1n) is 5.27. The van der Waals surface area contributed by atoms with Crippen LogP contribution in [-0.2, 0) is 0 Å². The van der Waals surface area contributed by atoms with E-state index in [9.17, 15) is 0 Å². The van der Waals surface area contributed by atoms with Crippen molar-refractivity contribution in [2.24, 2.45) is 0 Å². The Morgan fingerprint density at radius 1 is 1.25 bits per heavy atom. The number of hydrogen-bond donors (Lipinski definition) is 0. The Morgan fingerprint density at radius 2 is 1.88 bits per heavy atom. The van der Waals surface area contributed by atoms with Gasteiger partial charge in [0.2, 0.25) is 0 Å². The van der Waals surface area contributed by atoms with E-state index in [4.69, 9.17) is 0 Å². The molecule has 1 heteroatoms. The topological polar surface area (TPSA) is 3.24 Å². The quantitative estimate of drug-likeness (QED) is 0.641. The van der Waals surface area contributed by atoms with Crippen LogP contribution in [0.3, 0.4) is 0 Å². The molecule has 0 fully saturated rings. The molecule has 0 radical (unpaired) electrons. The zero-order valence-electron chi connectivity index (χ0n) is 10.4. The normalized spacial score (nSPS) is 16.2. The summed E-state index contributed by atoms with van der Waals surface area (Å²) in [6, 6.07) is 0. The van der Waals surface area contributed by atoms with E-state index in [1.165, 1.54) is 0 Å². The molecule has 1 rings (SSSR count). The van der Waals surface area contributed by atoms with Gasteiger partial charge in [-0.25, -0.2) is 0 Å². The van der Waals surface area contributed by atoms with Crippen molar-refractivity contribution in [2.75, 3.05) is 7.05 Å². The summed E-state index contributed by atoms with van der Waals surface area (Å²) in [5.74, 6) is 0. The largest absolute Gasteiger partial charge is 0.351 e. The molecule has 0 bridgehead atoms. The first-order valence-corrected chi connectivity index (χ1v) is 5.27. The van der Waals surface area contributed by atoms with Gasteiger partial charge >= 0.3 is 0 Å². The maximum Gasteiger partial charge on any atom is 0.0330 e. The third kappa shape index (κ3) is 2.86. The van der Waals surface area contributed by atoms with E-state index >= 15 is 0 Å². The van der Waals surface area contributed by atoms with Gasteiger partial charge in [0, 0.05) is 18.9 Å². The summed E-state index contributed by atoms with van der Waals surface area (Å²) < 4.78 is 0. The second-order valence-electron chi connectivity index (χ2n) is 4.20. The van der Waals surface area contributed by atoms with Crippen LogP contribution in [0.15, 0.2) is 72.2 Å². The molecule has 84 valence electrons. The molecular weight excluding hydrogens is 194 g/mol. The average Bonchev–Trinajstić information content (AvgIpc) is 2.18. The van der Waals surface area contributed by atoms with Crippen molar-refractivity contribution in [3.05, 3.63) is 72.2 Å². The summed E-state index contributed by atoms with van der Waals surface area (Å²) in [5.41, 5.74) is 5.33. The summed E-state index contributed by atoms with van der Waals surface area (Å²) in [6.07, 6.45) is 8.18. The molecule has 0 N–H and O–H groups in total. The maximum absolute atomic E-state index is 4.00. The van der Waals surface area contributed by atoms with E-state index in [1.807, 2.05) is 31.9 Å². The van der Waals surface area contributed by atoms with Gasteiger partial charge in [0.15, 0.2) is 0 Å². The van der Waals surface area contributed by atoms with E-state index in [-0.39, 0.29) is 0 Å². The maximum atomic E-state index is 4.00. The number of nitrogens with zero attached hydrogens (tertiary/aromatic N) is 1. The molecule has 16 heavy (non-hydrogen) atoms. The molecule has 1 aliphatic rings. The fourth-order valence-corrected chi connectivity index (χ4v) is 1.50. The van der Waals surface area contributed by atoms with Crippen LogP contribution in [0.5, 0.6) is 0 Å². The minimum absolute atomic E-state index is 0.986. The molecule has 0 aromatic rings. The summed E-state index contributed by atoms with van der Waals surface area (Å²) in [7, 11) is 1.99. The number of rotatable bonds is 3. The van der Waals surface area contributed by atoms with Gasteiger partial charge in [0.1, 0.15) is 0 Å². The van der Waals surface area contributed by atoms with Crippen LogP contribution in [0.2, 0.25) is 0 Å². The van der Waals surface area contributed by atoms with Crippen molar-refractivity contribution < 1.29 is 0 Å². The lowest BCUT2D eigenvalue weighted by atomic mass is 9.96. The van der Waals surface area contributed by atoms with Gasteiger partial charge in [-0.05, 0) is 31.1 Å². The van der Waals surface area contributed by atoms with Gasteiger partial charge < -0.3 is 4.90 Å². The first kappa shape index (κ1) is 12.3. The minimum Gasteiger partial charge on any atom is -0.351 e. The Bertz CT molecular complexity index is 430. The average molecular weight is 213 g/mol. The van der Waals surface area contributed by atoms with Crippen LogP contribution >= 0.6 is 0 Å². The van der Waals surface area contributed by atoms with Crippen molar-refractivity contribution >= 4 is 0 Å². The molecule has 0 aliphatic carbocycles. The number of hydrogen-bond acceptors (Lipinski definition) is 1. The smallest absolute Gasteiger partial charge is 0.0330 e. The fraction of sp³-hybridized carbons (Fsp3) is 0.200. The highest BCUT2D eigenvalue weighted by Gasteiger charge is 2.09. The van der Waals surface area contributed by atoms with Crippen LogP contribution in [0.1, 0.15) is 13.8 Å². The molecule has 0 atom stereocenters. The Morgan fingerprint density at radius 3 is 2.31 bits per heavy atom. The van der Waals surface area contributed by atoms with Gasteiger partial charge in [-0.15, -0.1) is 0 Å². The standard InChI is InChI=1S/C15H19N/c1-11(2)9-15(12(3)4)14-8-7-13(5)16(6)10-14/h7-10H,1,3,5H2,2,4,6H3/b15-9+. The molecule has 0 aromatic heterocycles. The van der Waals surface area contributed by atoms with Crippen molar-refractivity contribution in [1.29, 1.82) is 0 Å². The van der Waals surface area contributed by atoms with Gasteiger partial charge in [-0.3, -0.25) is 0 Å².